The minimum Gasteiger partial charge on any atom is -0.319 e. The first-order chi connectivity index (χ1) is 7.60. The van der Waals surface area contributed by atoms with Crippen molar-refractivity contribution >= 4 is 21.6 Å². The molecule has 86 valence electrons. The quantitative estimate of drug-likeness (QED) is 0.881. The van der Waals surface area contributed by atoms with E-state index in [1.54, 1.807) is 11.3 Å². The second kappa shape index (κ2) is 4.15. The van der Waals surface area contributed by atoms with Crippen molar-refractivity contribution in [3.05, 3.63) is 28.8 Å². The normalized spacial score (nSPS) is 12.2. The second-order valence-electron chi connectivity index (χ2n) is 4.30. The van der Waals surface area contributed by atoms with Gasteiger partial charge >= 0.3 is 0 Å². The number of para-hydroxylation sites is 1. The summed E-state index contributed by atoms with van der Waals surface area (Å²) in [6.45, 7) is 6.35. The van der Waals surface area contributed by atoms with Crippen LogP contribution in [0, 0.1) is 6.92 Å². The molecule has 0 saturated carbocycles. The topological polar surface area (TPSA) is 38.9 Å². The van der Waals surface area contributed by atoms with Crippen LogP contribution >= 0.6 is 11.3 Å². The average molecular weight is 234 g/mol. The smallest absolute Gasteiger partial charge is 0.114 e. The van der Waals surface area contributed by atoms with Crippen molar-refractivity contribution in [1.82, 2.24) is 4.98 Å². The van der Waals surface area contributed by atoms with Gasteiger partial charge in [-0.15, -0.1) is 11.3 Å². The Bertz CT molecular complexity index is 498. The fourth-order valence-corrected chi connectivity index (χ4v) is 3.14. The summed E-state index contributed by atoms with van der Waals surface area (Å²) in [6.07, 6.45) is 1.87. The molecule has 0 radical (unpaired) electrons. The number of nitrogens with two attached hydrogens (primary N) is 1. The maximum Gasteiger partial charge on any atom is 0.114 e. The average Bonchev–Trinajstić information content (AvgIpc) is 2.74. The van der Waals surface area contributed by atoms with Crippen LogP contribution in [0.1, 0.15) is 37.3 Å². The summed E-state index contributed by atoms with van der Waals surface area (Å²) in [5, 5.41) is 1.07. The van der Waals surface area contributed by atoms with Crippen LogP contribution in [0.15, 0.2) is 18.2 Å². The fourth-order valence-electron chi connectivity index (χ4n) is 1.85. The Hall–Kier alpha value is -0.930. The largest absolute Gasteiger partial charge is 0.319 e. The van der Waals surface area contributed by atoms with Crippen molar-refractivity contribution < 1.29 is 0 Å². The van der Waals surface area contributed by atoms with Gasteiger partial charge in [-0.05, 0) is 31.4 Å². The van der Waals surface area contributed by atoms with Crippen LogP contribution in [0.25, 0.3) is 10.2 Å². The number of hydrogen-bond acceptors (Lipinski definition) is 3. The number of thiazole rings is 1. The molecule has 0 bridgehead atoms. The Morgan fingerprint density at radius 3 is 2.56 bits per heavy atom. The van der Waals surface area contributed by atoms with Gasteiger partial charge in [0, 0.05) is 0 Å². The predicted octanol–water partition coefficient (Wildman–Crippen LogP) is 3.58. The Labute approximate surface area is 101 Å². The van der Waals surface area contributed by atoms with Gasteiger partial charge in [-0.25, -0.2) is 4.98 Å². The molecular weight excluding hydrogens is 216 g/mol. The highest BCUT2D eigenvalue weighted by molar-refractivity contribution is 7.18. The molecule has 0 unspecified atom stereocenters. The maximum atomic E-state index is 6.38. The Morgan fingerprint density at radius 1 is 1.31 bits per heavy atom. The van der Waals surface area contributed by atoms with Crippen LogP contribution in [-0.4, -0.2) is 4.98 Å². The van der Waals surface area contributed by atoms with Gasteiger partial charge in [-0.3, -0.25) is 0 Å². The first-order valence-corrected chi connectivity index (χ1v) is 6.58. The zero-order valence-electron chi connectivity index (χ0n) is 10.1. The number of hydrogen-bond donors (Lipinski definition) is 1. The molecule has 0 aliphatic heterocycles. The van der Waals surface area contributed by atoms with Gasteiger partial charge in [0.15, 0.2) is 0 Å². The summed E-state index contributed by atoms with van der Waals surface area (Å²) in [7, 11) is 0. The first kappa shape index (κ1) is 11.6. The van der Waals surface area contributed by atoms with Gasteiger partial charge in [-0.1, -0.05) is 26.0 Å². The number of fused-ring (bicyclic) bond motifs is 1. The van der Waals surface area contributed by atoms with E-state index in [4.69, 9.17) is 10.7 Å². The lowest BCUT2D eigenvalue weighted by molar-refractivity contribution is 0.411. The van der Waals surface area contributed by atoms with Crippen LogP contribution in [-0.2, 0) is 5.54 Å². The standard InChI is InChI=1S/C13H18N2S/c1-4-13(14,5-2)12-15-11-9(3)7-6-8-10(11)16-12/h6-8H,4-5,14H2,1-3H3. The summed E-state index contributed by atoms with van der Waals surface area (Å²) in [4.78, 5) is 4.72. The Balaban J connectivity index is 2.59. The lowest BCUT2D eigenvalue weighted by Gasteiger charge is -2.23. The van der Waals surface area contributed by atoms with E-state index in [2.05, 4.69) is 39.0 Å². The maximum absolute atomic E-state index is 6.38. The molecule has 0 atom stereocenters. The zero-order valence-corrected chi connectivity index (χ0v) is 10.9. The van der Waals surface area contributed by atoms with E-state index in [0.717, 1.165) is 23.4 Å². The third-order valence-corrected chi connectivity index (χ3v) is 4.55. The van der Waals surface area contributed by atoms with Crippen LogP contribution in [0.3, 0.4) is 0 Å². The van der Waals surface area contributed by atoms with E-state index >= 15 is 0 Å². The second-order valence-corrected chi connectivity index (χ2v) is 5.33. The highest BCUT2D eigenvalue weighted by Gasteiger charge is 2.27. The predicted molar refractivity (Wildman–Crippen MR) is 70.8 cm³/mol. The lowest BCUT2D eigenvalue weighted by Crippen LogP contribution is -2.34. The first-order valence-electron chi connectivity index (χ1n) is 5.76. The SMILES string of the molecule is CCC(N)(CC)c1nc2c(C)cccc2s1. The van der Waals surface area contributed by atoms with Crippen molar-refractivity contribution in [3.63, 3.8) is 0 Å². The van der Waals surface area contributed by atoms with E-state index < -0.39 is 0 Å². The number of aromatic nitrogens is 1. The van der Waals surface area contributed by atoms with E-state index in [9.17, 15) is 0 Å². The minimum absolute atomic E-state index is 0.254. The van der Waals surface area contributed by atoms with Crippen molar-refractivity contribution in [2.45, 2.75) is 39.2 Å². The van der Waals surface area contributed by atoms with E-state index in [0.29, 0.717) is 0 Å². The zero-order chi connectivity index (χ0) is 11.8. The van der Waals surface area contributed by atoms with Gasteiger partial charge in [0.2, 0.25) is 0 Å². The van der Waals surface area contributed by atoms with Crippen molar-refractivity contribution in [2.75, 3.05) is 0 Å². The van der Waals surface area contributed by atoms with Gasteiger partial charge in [0.25, 0.3) is 0 Å². The summed E-state index contributed by atoms with van der Waals surface area (Å²) < 4.78 is 1.24. The van der Waals surface area contributed by atoms with Crippen LogP contribution < -0.4 is 5.73 Å². The van der Waals surface area contributed by atoms with Gasteiger partial charge in [0.05, 0.1) is 15.8 Å². The molecule has 2 aromatic rings. The number of benzene rings is 1. The summed E-state index contributed by atoms with van der Waals surface area (Å²) in [6, 6.07) is 6.30. The number of aryl methyl sites for hydroxylation is 1. The number of rotatable bonds is 3. The Morgan fingerprint density at radius 2 is 2.00 bits per heavy atom. The lowest BCUT2D eigenvalue weighted by atomic mass is 9.95. The molecule has 0 amide bonds. The van der Waals surface area contributed by atoms with Crippen molar-refractivity contribution in [3.8, 4) is 0 Å². The molecule has 1 aromatic carbocycles. The van der Waals surface area contributed by atoms with Crippen molar-refractivity contribution in [2.24, 2.45) is 5.73 Å². The molecule has 2 N–H and O–H groups in total. The molecule has 2 nitrogen and oxygen atoms in total. The monoisotopic (exact) mass is 234 g/mol. The summed E-state index contributed by atoms with van der Waals surface area (Å²) in [5.74, 6) is 0. The molecule has 1 heterocycles. The molecule has 16 heavy (non-hydrogen) atoms. The molecular formula is C13H18N2S. The Kier molecular flexibility index (Phi) is 3.00. The highest BCUT2D eigenvalue weighted by atomic mass is 32.1. The molecule has 0 aliphatic carbocycles. The van der Waals surface area contributed by atoms with Crippen LogP contribution in [0.5, 0.6) is 0 Å². The van der Waals surface area contributed by atoms with Gasteiger partial charge in [0.1, 0.15) is 5.01 Å². The third-order valence-electron chi connectivity index (χ3n) is 3.31. The molecule has 0 saturated heterocycles. The van der Waals surface area contributed by atoms with E-state index in [1.807, 2.05) is 0 Å². The summed E-state index contributed by atoms with van der Waals surface area (Å²) >= 11 is 1.73. The van der Waals surface area contributed by atoms with Crippen LogP contribution in [0.2, 0.25) is 0 Å². The molecule has 2 rings (SSSR count). The van der Waals surface area contributed by atoms with E-state index in [-0.39, 0.29) is 5.54 Å². The fraction of sp³-hybridized carbons (Fsp3) is 0.462. The van der Waals surface area contributed by atoms with Crippen LogP contribution in [0.4, 0.5) is 0 Å². The molecule has 3 heteroatoms. The van der Waals surface area contributed by atoms with Gasteiger partial charge in [-0.2, -0.15) is 0 Å². The highest BCUT2D eigenvalue weighted by Crippen LogP contribution is 2.33. The number of nitrogens with zero attached hydrogens (tertiary/aromatic N) is 1. The van der Waals surface area contributed by atoms with E-state index in [1.165, 1.54) is 10.3 Å². The molecule has 1 aromatic heterocycles. The summed E-state index contributed by atoms with van der Waals surface area (Å²) in [5.41, 5.74) is 8.47. The van der Waals surface area contributed by atoms with Gasteiger partial charge < -0.3 is 5.73 Å². The molecule has 0 spiro atoms. The minimum atomic E-state index is -0.254. The third kappa shape index (κ3) is 1.74. The molecule has 0 aliphatic rings. The molecule has 0 fully saturated rings. The van der Waals surface area contributed by atoms with Crippen molar-refractivity contribution in [1.29, 1.82) is 0 Å².